The van der Waals surface area contributed by atoms with Gasteiger partial charge in [0.1, 0.15) is 5.41 Å². The van der Waals surface area contributed by atoms with Crippen LogP contribution < -0.4 is 10.2 Å². The van der Waals surface area contributed by atoms with Gasteiger partial charge in [0.2, 0.25) is 11.8 Å². The van der Waals surface area contributed by atoms with Crippen molar-refractivity contribution < 1.29 is 9.59 Å². The molecule has 1 aromatic carbocycles. The summed E-state index contributed by atoms with van der Waals surface area (Å²) in [4.78, 5) is 30.8. The Morgan fingerprint density at radius 3 is 2.39 bits per heavy atom. The van der Waals surface area contributed by atoms with Gasteiger partial charge in [0.25, 0.3) is 0 Å². The van der Waals surface area contributed by atoms with Crippen molar-refractivity contribution >= 4 is 17.5 Å². The molecule has 23 heavy (non-hydrogen) atoms. The average molecular weight is 309 g/mol. The summed E-state index contributed by atoms with van der Waals surface area (Å²) in [6.07, 6.45) is 4.57. The summed E-state index contributed by atoms with van der Waals surface area (Å²) in [7, 11) is 1.72. The fraction of sp³-hybridized carbons (Fsp3) is 0.278. The summed E-state index contributed by atoms with van der Waals surface area (Å²) in [5.74, 6) is -0.335. The molecule has 2 amide bonds. The zero-order chi connectivity index (χ0) is 16.3. The van der Waals surface area contributed by atoms with Gasteiger partial charge < -0.3 is 10.2 Å². The molecule has 2 aromatic rings. The number of benzene rings is 1. The number of para-hydroxylation sites is 1. The van der Waals surface area contributed by atoms with Gasteiger partial charge in [0, 0.05) is 31.7 Å². The van der Waals surface area contributed by atoms with Gasteiger partial charge in [0.15, 0.2) is 0 Å². The molecule has 3 rings (SSSR count). The van der Waals surface area contributed by atoms with Crippen LogP contribution in [-0.4, -0.2) is 23.8 Å². The largest absolute Gasteiger partial charge is 0.351 e. The van der Waals surface area contributed by atoms with E-state index in [0.29, 0.717) is 19.4 Å². The number of anilines is 1. The lowest BCUT2D eigenvalue weighted by atomic mass is 10.0. The highest BCUT2D eigenvalue weighted by molar-refractivity contribution is 6.13. The second-order valence-electron chi connectivity index (χ2n) is 5.82. The minimum Gasteiger partial charge on any atom is -0.351 e. The summed E-state index contributed by atoms with van der Waals surface area (Å²) in [6, 6.07) is 13.1. The summed E-state index contributed by atoms with van der Waals surface area (Å²) in [5.41, 5.74) is 0.858. The highest BCUT2D eigenvalue weighted by Gasteiger charge is 2.57. The maximum Gasteiger partial charge on any atom is 0.242 e. The molecule has 0 bridgehead atoms. The maximum atomic E-state index is 12.7. The molecular weight excluding hydrogens is 290 g/mol. The van der Waals surface area contributed by atoms with Gasteiger partial charge in [-0.25, -0.2) is 0 Å². The lowest BCUT2D eigenvalue weighted by molar-refractivity contribution is -0.135. The minimum absolute atomic E-state index is 0.143. The zero-order valence-corrected chi connectivity index (χ0v) is 13.0. The van der Waals surface area contributed by atoms with Gasteiger partial charge in [-0.15, -0.1) is 0 Å². The second-order valence-corrected chi connectivity index (χ2v) is 5.82. The van der Waals surface area contributed by atoms with E-state index in [2.05, 4.69) is 10.3 Å². The van der Waals surface area contributed by atoms with E-state index in [1.54, 1.807) is 24.3 Å². The fourth-order valence-electron chi connectivity index (χ4n) is 2.61. The van der Waals surface area contributed by atoms with Crippen molar-refractivity contribution in [2.45, 2.75) is 19.4 Å². The Bertz CT molecular complexity index is 697. The van der Waals surface area contributed by atoms with Crippen LogP contribution in [0, 0.1) is 5.41 Å². The predicted molar refractivity (Wildman–Crippen MR) is 87.6 cm³/mol. The van der Waals surface area contributed by atoms with E-state index in [4.69, 9.17) is 0 Å². The Kier molecular flexibility index (Phi) is 4.10. The molecule has 118 valence electrons. The van der Waals surface area contributed by atoms with E-state index in [1.807, 2.05) is 42.5 Å². The third-order valence-electron chi connectivity index (χ3n) is 4.24. The van der Waals surface area contributed by atoms with Crippen molar-refractivity contribution in [3.05, 3.63) is 60.4 Å². The van der Waals surface area contributed by atoms with Gasteiger partial charge in [-0.1, -0.05) is 18.2 Å². The molecule has 1 aliphatic rings. The van der Waals surface area contributed by atoms with Crippen LogP contribution >= 0.6 is 0 Å². The molecule has 1 aliphatic carbocycles. The van der Waals surface area contributed by atoms with Crippen molar-refractivity contribution in [3.8, 4) is 0 Å². The van der Waals surface area contributed by atoms with E-state index in [-0.39, 0.29) is 11.8 Å². The van der Waals surface area contributed by atoms with Crippen LogP contribution in [0.4, 0.5) is 5.69 Å². The lowest BCUT2D eigenvalue weighted by Gasteiger charge is -2.23. The molecule has 0 radical (unpaired) electrons. The molecule has 0 spiro atoms. The van der Waals surface area contributed by atoms with Crippen molar-refractivity contribution in [2.24, 2.45) is 5.41 Å². The van der Waals surface area contributed by atoms with E-state index < -0.39 is 5.41 Å². The van der Waals surface area contributed by atoms with Crippen molar-refractivity contribution in [3.63, 3.8) is 0 Å². The number of hydrogen-bond acceptors (Lipinski definition) is 3. The summed E-state index contributed by atoms with van der Waals surface area (Å²) >= 11 is 0. The fourth-order valence-corrected chi connectivity index (χ4v) is 2.61. The SMILES string of the molecule is CN(C(=O)C1(C(=O)NCc2ccncc2)CC1)c1ccccc1. The molecule has 5 nitrogen and oxygen atoms in total. The Morgan fingerprint density at radius 1 is 1.13 bits per heavy atom. The molecule has 1 aromatic heterocycles. The minimum atomic E-state index is -0.905. The molecule has 0 saturated heterocycles. The number of rotatable bonds is 5. The molecule has 5 heteroatoms. The normalized spacial score (nSPS) is 14.8. The third kappa shape index (κ3) is 3.08. The maximum absolute atomic E-state index is 12.7. The zero-order valence-electron chi connectivity index (χ0n) is 13.0. The van der Waals surface area contributed by atoms with Crippen LogP contribution in [-0.2, 0) is 16.1 Å². The van der Waals surface area contributed by atoms with Crippen molar-refractivity contribution in [1.82, 2.24) is 10.3 Å². The van der Waals surface area contributed by atoms with Crippen LogP contribution in [0.2, 0.25) is 0 Å². The number of carbonyl (C=O) groups excluding carboxylic acids is 2. The van der Waals surface area contributed by atoms with E-state index in [0.717, 1.165) is 11.3 Å². The van der Waals surface area contributed by atoms with Gasteiger partial charge in [-0.2, -0.15) is 0 Å². The highest BCUT2D eigenvalue weighted by atomic mass is 16.2. The monoisotopic (exact) mass is 309 g/mol. The summed E-state index contributed by atoms with van der Waals surface area (Å²) < 4.78 is 0. The van der Waals surface area contributed by atoms with Crippen molar-refractivity contribution in [2.75, 3.05) is 11.9 Å². The topological polar surface area (TPSA) is 62.3 Å². The molecule has 0 unspecified atom stereocenters. The van der Waals surface area contributed by atoms with Crippen LogP contribution in [0.25, 0.3) is 0 Å². The van der Waals surface area contributed by atoms with Crippen molar-refractivity contribution in [1.29, 1.82) is 0 Å². The van der Waals surface area contributed by atoms with Crippen LogP contribution in [0.3, 0.4) is 0 Å². The van der Waals surface area contributed by atoms with E-state index in [9.17, 15) is 9.59 Å². The molecule has 1 heterocycles. The average Bonchev–Trinajstić information content (AvgIpc) is 3.42. The van der Waals surface area contributed by atoms with Gasteiger partial charge in [0.05, 0.1) is 0 Å². The van der Waals surface area contributed by atoms with Crippen LogP contribution in [0.5, 0.6) is 0 Å². The van der Waals surface area contributed by atoms with Crippen LogP contribution in [0.15, 0.2) is 54.9 Å². The van der Waals surface area contributed by atoms with E-state index >= 15 is 0 Å². The number of pyridine rings is 1. The summed E-state index contributed by atoms with van der Waals surface area (Å²) in [6.45, 7) is 0.408. The number of hydrogen-bond donors (Lipinski definition) is 1. The summed E-state index contributed by atoms with van der Waals surface area (Å²) in [5, 5.41) is 2.87. The first kappa shape index (κ1) is 15.2. The first-order valence-corrected chi connectivity index (χ1v) is 7.64. The number of amides is 2. The first-order chi connectivity index (χ1) is 11.1. The molecule has 0 aliphatic heterocycles. The standard InChI is InChI=1S/C18H19N3O2/c1-21(15-5-3-2-4-6-15)17(23)18(9-10-18)16(22)20-13-14-7-11-19-12-8-14/h2-8,11-12H,9-10,13H2,1H3,(H,20,22). The number of nitrogens with one attached hydrogen (secondary N) is 1. The highest BCUT2D eigenvalue weighted by Crippen LogP contribution is 2.47. The number of carbonyl (C=O) groups is 2. The molecule has 0 atom stereocenters. The molecular formula is C18H19N3O2. The Hall–Kier alpha value is -2.69. The molecule has 1 saturated carbocycles. The van der Waals surface area contributed by atoms with Crippen LogP contribution in [0.1, 0.15) is 18.4 Å². The van der Waals surface area contributed by atoms with Gasteiger partial charge in [-0.05, 0) is 42.7 Å². The van der Waals surface area contributed by atoms with Gasteiger partial charge in [-0.3, -0.25) is 14.6 Å². The number of aromatic nitrogens is 1. The molecule has 1 fully saturated rings. The first-order valence-electron chi connectivity index (χ1n) is 7.64. The Labute approximate surface area is 135 Å². The Balaban J connectivity index is 1.66. The smallest absolute Gasteiger partial charge is 0.242 e. The number of nitrogens with zero attached hydrogens (tertiary/aromatic N) is 2. The Morgan fingerprint density at radius 2 is 1.78 bits per heavy atom. The lowest BCUT2D eigenvalue weighted by Crippen LogP contribution is -2.43. The predicted octanol–water partition coefficient (Wildman–Crippen LogP) is 2.14. The quantitative estimate of drug-likeness (QED) is 0.861. The van der Waals surface area contributed by atoms with E-state index in [1.165, 1.54) is 0 Å². The second kappa shape index (κ2) is 6.20. The molecule has 1 N–H and O–H groups in total. The third-order valence-corrected chi connectivity index (χ3v) is 4.24. The van der Waals surface area contributed by atoms with Gasteiger partial charge >= 0.3 is 0 Å².